The van der Waals surface area contributed by atoms with Crippen molar-refractivity contribution in [2.75, 3.05) is 25.1 Å². The Morgan fingerprint density at radius 1 is 1.12 bits per heavy atom. The van der Waals surface area contributed by atoms with Gasteiger partial charge in [-0.15, -0.1) is 11.3 Å². The molecule has 0 radical (unpaired) electrons. The molecule has 204 valence electrons. The van der Waals surface area contributed by atoms with Gasteiger partial charge < -0.3 is 19.4 Å². The van der Waals surface area contributed by atoms with Crippen LogP contribution in [0.2, 0.25) is 0 Å². The molecule has 0 saturated carbocycles. The summed E-state index contributed by atoms with van der Waals surface area (Å²) >= 11 is 2.48. The van der Waals surface area contributed by atoms with E-state index in [4.69, 9.17) is 9.47 Å². The van der Waals surface area contributed by atoms with E-state index in [0.29, 0.717) is 30.4 Å². The van der Waals surface area contributed by atoms with Crippen molar-refractivity contribution in [3.63, 3.8) is 0 Å². The number of amides is 3. The largest absolute Gasteiger partial charge is 0.486 e. The number of carbonyl (C=O) groups is 3. The Kier molecular flexibility index (Phi) is 6.90. The zero-order valence-corrected chi connectivity index (χ0v) is 23.7. The van der Waals surface area contributed by atoms with E-state index in [9.17, 15) is 19.6 Å². The van der Waals surface area contributed by atoms with Gasteiger partial charge in [-0.25, -0.2) is 0 Å². The van der Waals surface area contributed by atoms with Crippen LogP contribution in [0.5, 0.6) is 11.5 Å². The lowest BCUT2D eigenvalue weighted by atomic mass is 9.96. The molecule has 1 aromatic carbocycles. The fourth-order valence-corrected chi connectivity index (χ4v) is 7.59. The van der Waals surface area contributed by atoms with Gasteiger partial charge in [0.1, 0.15) is 30.8 Å². The number of carbonyl (C=O) groups excluding carboxylic acids is 3. The zero-order valence-electron chi connectivity index (χ0n) is 22.0. The SMILES string of the molecule is Cc1cc(/C=C2\SC(=O)N(CC(=O)Nc3ccc4c(c3)OCCO4)C2=O)c(C)n1-c1sc2c(c1C#N)CCCC2. The second-order valence-corrected chi connectivity index (χ2v) is 11.9. The molecular weight excluding hydrogens is 548 g/mol. The summed E-state index contributed by atoms with van der Waals surface area (Å²) in [7, 11) is 0. The summed E-state index contributed by atoms with van der Waals surface area (Å²) in [6.45, 7) is 4.40. The molecule has 0 atom stereocenters. The number of nitrogens with zero attached hydrogens (tertiary/aromatic N) is 3. The van der Waals surface area contributed by atoms with Gasteiger partial charge in [0.2, 0.25) is 5.91 Å². The topological polar surface area (TPSA) is 114 Å². The number of benzene rings is 1. The predicted molar refractivity (Wildman–Crippen MR) is 153 cm³/mol. The number of hydrogen-bond acceptors (Lipinski definition) is 8. The van der Waals surface area contributed by atoms with E-state index in [2.05, 4.69) is 16.0 Å². The van der Waals surface area contributed by atoms with E-state index in [1.807, 2.05) is 19.9 Å². The second kappa shape index (κ2) is 10.5. The standard InChI is InChI=1S/C29H26N4O5S2/c1-16-11-18(17(2)33(16)28-21(14-30)20-5-3-4-6-24(20)39-28)12-25-27(35)32(29(36)40-25)15-26(34)31-19-7-8-22-23(13-19)38-10-9-37-22/h7-8,11-13H,3-6,9-10,15H2,1-2H3,(H,31,34)/b25-12-. The normalized spacial score (nSPS) is 17.2. The van der Waals surface area contributed by atoms with Gasteiger partial charge in [0, 0.05) is 28.0 Å². The molecule has 6 rings (SSSR count). The molecule has 0 bridgehead atoms. The first kappa shape index (κ1) is 26.2. The van der Waals surface area contributed by atoms with E-state index in [0.717, 1.165) is 69.9 Å². The first-order valence-electron chi connectivity index (χ1n) is 13.0. The Hall–Kier alpha value is -4.01. The molecular formula is C29H26N4O5S2. The summed E-state index contributed by atoms with van der Waals surface area (Å²) in [5.41, 5.74) is 5.00. The Bertz CT molecular complexity index is 1640. The van der Waals surface area contributed by atoms with Crippen LogP contribution in [-0.2, 0) is 22.4 Å². The molecule has 3 aliphatic rings. The number of aryl methyl sites for hydroxylation is 2. The molecule has 4 heterocycles. The molecule has 0 spiro atoms. The van der Waals surface area contributed by atoms with Crippen LogP contribution in [0.4, 0.5) is 10.5 Å². The minimum Gasteiger partial charge on any atom is -0.486 e. The molecule has 2 aliphatic heterocycles. The van der Waals surface area contributed by atoms with E-state index >= 15 is 0 Å². The molecule has 3 amide bonds. The van der Waals surface area contributed by atoms with Crippen molar-refractivity contribution >= 4 is 51.9 Å². The first-order chi connectivity index (χ1) is 19.3. The highest BCUT2D eigenvalue weighted by atomic mass is 32.2. The molecule has 0 unspecified atom stereocenters. The molecule has 11 heteroatoms. The Morgan fingerprint density at radius 2 is 1.90 bits per heavy atom. The lowest BCUT2D eigenvalue weighted by Gasteiger charge is -2.19. The van der Waals surface area contributed by atoms with Crippen molar-refractivity contribution in [3.05, 3.63) is 62.1 Å². The third kappa shape index (κ3) is 4.67. The van der Waals surface area contributed by atoms with Gasteiger partial charge in [-0.1, -0.05) is 0 Å². The van der Waals surface area contributed by atoms with Crippen LogP contribution in [0.25, 0.3) is 11.1 Å². The van der Waals surface area contributed by atoms with Gasteiger partial charge in [0.15, 0.2) is 11.5 Å². The van der Waals surface area contributed by atoms with Gasteiger partial charge in [-0.05, 0) is 86.7 Å². The molecule has 1 saturated heterocycles. The summed E-state index contributed by atoms with van der Waals surface area (Å²) in [6.07, 6.45) is 5.85. The lowest BCUT2D eigenvalue weighted by Crippen LogP contribution is -2.36. The van der Waals surface area contributed by atoms with Gasteiger partial charge in [-0.2, -0.15) is 5.26 Å². The maximum Gasteiger partial charge on any atom is 0.294 e. The molecule has 1 aliphatic carbocycles. The van der Waals surface area contributed by atoms with E-state index in [1.165, 1.54) is 10.4 Å². The number of nitrogens with one attached hydrogen (secondary N) is 1. The minimum absolute atomic E-state index is 0.253. The molecule has 1 N–H and O–H groups in total. The number of anilines is 1. The van der Waals surface area contributed by atoms with Gasteiger partial charge in [0.05, 0.1) is 10.5 Å². The fourth-order valence-electron chi connectivity index (χ4n) is 5.31. The predicted octanol–water partition coefficient (Wildman–Crippen LogP) is 5.35. The van der Waals surface area contributed by atoms with Crippen molar-refractivity contribution in [2.45, 2.75) is 39.5 Å². The Balaban J connectivity index is 1.20. The van der Waals surface area contributed by atoms with Crippen LogP contribution >= 0.6 is 23.1 Å². The number of imide groups is 1. The van der Waals surface area contributed by atoms with Crippen molar-refractivity contribution < 1.29 is 23.9 Å². The average molecular weight is 575 g/mol. The summed E-state index contributed by atoms with van der Waals surface area (Å²) < 4.78 is 13.1. The number of fused-ring (bicyclic) bond motifs is 2. The first-order valence-corrected chi connectivity index (χ1v) is 14.7. The highest BCUT2D eigenvalue weighted by Gasteiger charge is 2.36. The van der Waals surface area contributed by atoms with Crippen LogP contribution in [0.1, 0.15) is 45.8 Å². The molecule has 1 fully saturated rings. The number of thiophene rings is 1. The highest BCUT2D eigenvalue weighted by Crippen LogP contribution is 2.39. The minimum atomic E-state index is -0.513. The van der Waals surface area contributed by atoms with Crippen LogP contribution in [-0.4, -0.2) is 46.3 Å². The van der Waals surface area contributed by atoms with Crippen molar-refractivity contribution in [3.8, 4) is 22.6 Å². The van der Waals surface area contributed by atoms with Crippen LogP contribution < -0.4 is 14.8 Å². The van der Waals surface area contributed by atoms with E-state index in [1.54, 1.807) is 35.6 Å². The number of ether oxygens (including phenoxy) is 2. The summed E-state index contributed by atoms with van der Waals surface area (Å²) in [4.78, 5) is 41.1. The molecule has 9 nitrogen and oxygen atoms in total. The maximum atomic E-state index is 13.2. The molecule has 40 heavy (non-hydrogen) atoms. The number of aromatic nitrogens is 1. The number of rotatable bonds is 5. The van der Waals surface area contributed by atoms with E-state index in [-0.39, 0.29) is 4.91 Å². The summed E-state index contributed by atoms with van der Waals surface area (Å²) in [5.74, 6) is 0.119. The second-order valence-electron chi connectivity index (χ2n) is 9.84. The van der Waals surface area contributed by atoms with Crippen molar-refractivity contribution in [1.82, 2.24) is 9.47 Å². The third-order valence-corrected chi connectivity index (χ3v) is 9.41. The zero-order chi connectivity index (χ0) is 28.0. The van der Waals surface area contributed by atoms with Crippen LogP contribution in [0.15, 0.2) is 29.2 Å². The van der Waals surface area contributed by atoms with Gasteiger partial charge >= 0.3 is 0 Å². The Morgan fingerprint density at radius 3 is 2.70 bits per heavy atom. The summed E-state index contributed by atoms with van der Waals surface area (Å²) in [6, 6.07) is 9.41. The third-order valence-electron chi connectivity index (χ3n) is 7.23. The fraction of sp³-hybridized carbons (Fsp3) is 0.310. The molecule has 3 aromatic rings. The lowest BCUT2D eigenvalue weighted by molar-refractivity contribution is -0.127. The number of nitriles is 1. The Labute approximate surface area is 239 Å². The summed E-state index contributed by atoms with van der Waals surface area (Å²) in [5, 5.41) is 13.1. The van der Waals surface area contributed by atoms with Crippen LogP contribution in [0.3, 0.4) is 0 Å². The van der Waals surface area contributed by atoms with Gasteiger partial charge in [0.25, 0.3) is 11.1 Å². The quantitative estimate of drug-likeness (QED) is 0.409. The van der Waals surface area contributed by atoms with Crippen molar-refractivity contribution in [1.29, 1.82) is 5.26 Å². The number of hydrogen-bond donors (Lipinski definition) is 1. The monoisotopic (exact) mass is 574 g/mol. The molecule has 2 aromatic heterocycles. The number of thioether (sulfide) groups is 1. The van der Waals surface area contributed by atoms with Gasteiger partial charge in [-0.3, -0.25) is 19.3 Å². The maximum absolute atomic E-state index is 13.2. The van der Waals surface area contributed by atoms with Crippen LogP contribution in [0, 0.1) is 25.2 Å². The van der Waals surface area contributed by atoms with E-state index < -0.39 is 23.6 Å². The average Bonchev–Trinajstić information content (AvgIpc) is 3.54. The smallest absolute Gasteiger partial charge is 0.294 e. The highest BCUT2D eigenvalue weighted by molar-refractivity contribution is 8.18. The van der Waals surface area contributed by atoms with Crippen molar-refractivity contribution in [2.24, 2.45) is 0 Å².